The fraction of sp³-hybridized carbons (Fsp3) is 1.00. The maximum atomic E-state index is 6.16. The van der Waals surface area contributed by atoms with Crippen LogP contribution in [0.1, 0.15) is 59.8 Å². The van der Waals surface area contributed by atoms with Crippen molar-refractivity contribution < 1.29 is 4.74 Å². The van der Waals surface area contributed by atoms with Crippen molar-refractivity contribution in [1.82, 2.24) is 0 Å². The Morgan fingerprint density at radius 1 is 1.21 bits per heavy atom. The summed E-state index contributed by atoms with van der Waals surface area (Å²) in [4.78, 5) is 0. The molecular formula is C12H27NO. The van der Waals surface area contributed by atoms with E-state index in [2.05, 4.69) is 20.8 Å². The maximum Gasteiger partial charge on any atom is 0.0801 e. The quantitative estimate of drug-likeness (QED) is 0.612. The van der Waals surface area contributed by atoms with E-state index in [0.29, 0.717) is 0 Å². The molecule has 2 atom stereocenters. The summed E-state index contributed by atoms with van der Waals surface area (Å²) in [7, 11) is 0. The Hall–Kier alpha value is -0.0800. The van der Waals surface area contributed by atoms with E-state index in [-0.39, 0.29) is 11.6 Å². The lowest BCUT2D eigenvalue weighted by Crippen LogP contribution is -2.47. The molecule has 0 fully saturated rings. The van der Waals surface area contributed by atoms with Gasteiger partial charge in [0.05, 0.1) is 5.60 Å². The van der Waals surface area contributed by atoms with Gasteiger partial charge in [-0.1, -0.05) is 33.1 Å². The van der Waals surface area contributed by atoms with Crippen molar-refractivity contribution in [1.29, 1.82) is 0 Å². The van der Waals surface area contributed by atoms with Crippen LogP contribution in [0.25, 0.3) is 0 Å². The van der Waals surface area contributed by atoms with E-state index in [1.807, 2.05) is 6.92 Å². The molecule has 2 heteroatoms. The highest BCUT2D eigenvalue weighted by molar-refractivity contribution is 4.85. The standard InChI is InChI=1S/C12H27NO/c1-5-8-9-10-11(13)12(4,6-2)14-7-3/h11H,5-10,13H2,1-4H3. The number of nitrogens with two attached hydrogens (primary N) is 1. The Morgan fingerprint density at radius 2 is 1.86 bits per heavy atom. The van der Waals surface area contributed by atoms with Crippen molar-refractivity contribution in [2.75, 3.05) is 6.61 Å². The first-order valence-electron chi connectivity index (χ1n) is 6.00. The molecule has 14 heavy (non-hydrogen) atoms. The monoisotopic (exact) mass is 201 g/mol. The molecule has 0 aliphatic carbocycles. The molecule has 0 aliphatic rings. The highest BCUT2D eigenvalue weighted by Crippen LogP contribution is 2.22. The van der Waals surface area contributed by atoms with Gasteiger partial charge < -0.3 is 10.5 Å². The molecule has 0 heterocycles. The molecule has 0 aromatic rings. The smallest absolute Gasteiger partial charge is 0.0801 e. The minimum absolute atomic E-state index is 0.123. The summed E-state index contributed by atoms with van der Waals surface area (Å²) in [5, 5.41) is 0. The SMILES string of the molecule is CCCCCC(N)C(C)(CC)OCC. The highest BCUT2D eigenvalue weighted by atomic mass is 16.5. The lowest BCUT2D eigenvalue weighted by molar-refractivity contribution is -0.0483. The van der Waals surface area contributed by atoms with E-state index in [0.717, 1.165) is 19.4 Å². The first-order chi connectivity index (χ1) is 6.60. The molecule has 0 aliphatic heterocycles. The van der Waals surface area contributed by atoms with Gasteiger partial charge in [-0.2, -0.15) is 0 Å². The molecule has 0 aromatic carbocycles. The Balaban J connectivity index is 3.95. The average molecular weight is 201 g/mol. The number of unbranched alkanes of at least 4 members (excludes halogenated alkanes) is 2. The Morgan fingerprint density at radius 3 is 2.29 bits per heavy atom. The summed E-state index contributed by atoms with van der Waals surface area (Å²) in [5.41, 5.74) is 6.04. The lowest BCUT2D eigenvalue weighted by Gasteiger charge is -2.34. The summed E-state index contributed by atoms with van der Waals surface area (Å²) < 4.78 is 5.75. The predicted octanol–water partition coefficient (Wildman–Crippen LogP) is 3.10. The topological polar surface area (TPSA) is 35.2 Å². The molecule has 0 saturated heterocycles. The fourth-order valence-corrected chi connectivity index (χ4v) is 1.72. The van der Waals surface area contributed by atoms with E-state index in [9.17, 15) is 0 Å². The molecule has 2 unspecified atom stereocenters. The van der Waals surface area contributed by atoms with Gasteiger partial charge in [0.25, 0.3) is 0 Å². The van der Waals surface area contributed by atoms with E-state index in [1.165, 1.54) is 19.3 Å². The van der Waals surface area contributed by atoms with Crippen LogP contribution in [0.4, 0.5) is 0 Å². The van der Waals surface area contributed by atoms with E-state index in [4.69, 9.17) is 10.5 Å². The molecular weight excluding hydrogens is 174 g/mol. The molecule has 0 aromatic heterocycles. The Labute approximate surface area is 89.2 Å². The van der Waals surface area contributed by atoms with Crippen LogP contribution in [-0.2, 0) is 4.74 Å². The Kier molecular flexibility index (Phi) is 7.20. The van der Waals surface area contributed by atoms with Crippen molar-refractivity contribution in [2.45, 2.75) is 71.4 Å². The normalized spacial score (nSPS) is 17.8. The summed E-state index contributed by atoms with van der Waals surface area (Å²) in [6.07, 6.45) is 5.83. The van der Waals surface area contributed by atoms with Gasteiger partial charge in [0.1, 0.15) is 0 Å². The van der Waals surface area contributed by atoms with Gasteiger partial charge in [0.15, 0.2) is 0 Å². The van der Waals surface area contributed by atoms with Gasteiger partial charge in [0.2, 0.25) is 0 Å². The predicted molar refractivity (Wildman–Crippen MR) is 62.4 cm³/mol. The van der Waals surface area contributed by atoms with Gasteiger partial charge in [-0.15, -0.1) is 0 Å². The van der Waals surface area contributed by atoms with Crippen molar-refractivity contribution >= 4 is 0 Å². The maximum absolute atomic E-state index is 6.16. The van der Waals surface area contributed by atoms with Crippen LogP contribution in [0, 0.1) is 0 Å². The van der Waals surface area contributed by atoms with E-state index in [1.54, 1.807) is 0 Å². The van der Waals surface area contributed by atoms with Crippen LogP contribution in [0.5, 0.6) is 0 Å². The van der Waals surface area contributed by atoms with Crippen LogP contribution in [0.3, 0.4) is 0 Å². The average Bonchev–Trinajstić information content (AvgIpc) is 2.18. The second-order valence-corrected chi connectivity index (χ2v) is 4.20. The molecule has 2 N–H and O–H groups in total. The fourth-order valence-electron chi connectivity index (χ4n) is 1.72. The van der Waals surface area contributed by atoms with Gasteiger partial charge in [-0.05, 0) is 26.7 Å². The molecule has 0 radical (unpaired) electrons. The van der Waals surface area contributed by atoms with E-state index >= 15 is 0 Å². The number of hydrogen-bond donors (Lipinski definition) is 1. The molecule has 86 valence electrons. The first-order valence-corrected chi connectivity index (χ1v) is 6.00. The summed E-state index contributed by atoms with van der Waals surface area (Å²) in [5.74, 6) is 0. The Bertz CT molecular complexity index is 138. The molecule has 0 amide bonds. The van der Waals surface area contributed by atoms with Gasteiger partial charge in [-0.3, -0.25) is 0 Å². The van der Waals surface area contributed by atoms with Crippen LogP contribution in [0.2, 0.25) is 0 Å². The lowest BCUT2D eigenvalue weighted by atomic mass is 9.90. The van der Waals surface area contributed by atoms with Gasteiger partial charge in [0, 0.05) is 12.6 Å². The third kappa shape index (κ3) is 4.43. The highest BCUT2D eigenvalue weighted by Gasteiger charge is 2.29. The zero-order chi connectivity index (χ0) is 11.0. The van der Waals surface area contributed by atoms with Crippen molar-refractivity contribution in [3.63, 3.8) is 0 Å². The summed E-state index contributed by atoms with van der Waals surface area (Å²) in [6.45, 7) is 9.29. The van der Waals surface area contributed by atoms with E-state index < -0.39 is 0 Å². The number of ether oxygens (including phenoxy) is 1. The van der Waals surface area contributed by atoms with Crippen LogP contribution in [0.15, 0.2) is 0 Å². The zero-order valence-corrected chi connectivity index (χ0v) is 10.3. The minimum Gasteiger partial charge on any atom is -0.374 e. The van der Waals surface area contributed by atoms with Crippen LogP contribution in [-0.4, -0.2) is 18.2 Å². The second-order valence-electron chi connectivity index (χ2n) is 4.20. The number of rotatable bonds is 8. The zero-order valence-electron chi connectivity index (χ0n) is 10.3. The third-order valence-corrected chi connectivity index (χ3v) is 3.08. The van der Waals surface area contributed by atoms with Crippen molar-refractivity contribution in [2.24, 2.45) is 5.73 Å². The molecule has 0 spiro atoms. The molecule has 2 nitrogen and oxygen atoms in total. The molecule has 0 saturated carbocycles. The largest absolute Gasteiger partial charge is 0.374 e. The second kappa shape index (κ2) is 7.24. The van der Waals surface area contributed by atoms with Crippen molar-refractivity contribution in [3.8, 4) is 0 Å². The first kappa shape index (κ1) is 13.9. The summed E-state index contributed by atoms with van der Waals surface area (Å²) >= 11 is 0. The van der Waals surface area contributed by atoms with Gasteiger partial charge in [-0.25, -0.2) is 0 Å². The van der Waals surface area contributed by atoms with Gasteiger partial charge >= 0.3 is 0 Å². The number of hydrogen-bond acceptors (Lipinski definition) is 2. The molecule has 0 bridgehead atoms. The van der Waals surface area contributed by atoms with Crippen LogP contribution >= 0.6 is 0 Å². The van der Waals surface area contributed by atoms with Crippen molar-refractivity contribution in [3.05, 3.63) is 0 Å². The minimum atomic E-state index is -0.123. The third-order valence-electron chi connectivity index (χ3n) is 3.08. The molecule has 0 rings (SSSR count). The van der Waals surface area contributed by atoms with Crippen LogP contribution < -0.4 is 5.73 Å². The summed E-state index contributed by atoms with van der Waals surface area (Å²) in [6, 6.07) is 0.180.